The minimum Gasteiger partial charge on any atom is -0.358 e. The van der Waals surface area contributed by atoms with E-state index < -0.39 is 0 Å². The van der Waals surface area contributed by atoms with Gasteiger partial charge in [-0.15, -0.1) is 12.4 Å². The molecule has 27 heavy (non-hydrogen) atoms. The van der Waals surface area contributed by atoms with E-state index in [9.17, 15) is 9.18 Å². The van der Waals surface area contributed by atoms with E-state index in [1.807, 2.05) is 18.2 Å². The van der Waals surface area contributed by atoms with Crippen LogP contribution in [-0.4, -0.2) is 35.9 Å². The largest absolute Gasteiger partial charge is 0.358 e. The van der Waals surface area contributed by atoms with Gasteiger partial charge in [-0.1, -0.05) is 0 Å². The maximum atomic E-state index is 13.0. The average molecular weight is 388 g/mol. The van der Waals surface area contributed by atoms with Crippen LogP contribution in [-0.2, 0) is 12.8 Å². The third-order valence-corrected chi connectivity index (χ3v) is 5.26. The van der Waals surface area contributed by atoms with Crippen molar-refractivity contribution >= 4 is 34.9 Å². The van der Waals surface area contributed by atoms with E-state index in [0.29, 0.717) is 11.6 Å². The Morgan fingerprint density at radius 2 is 1.93 bits per heavy atom. The number of carbonyl (C=O) groups excluding carboxylic acids is 1. The molecule has 0 radical (unpaired) electrons. The molecule has 142 valence electrons. The van der Waals surface area contributed by atoms with Crippen molar-refractivity contribution in [1.29, 1.82) is 0 Å². The van der Waals surface area contributed by atoms with Crippen LogP contribution in [0.4, 0.5) is 10.1 Å². The number of aromatic nitrogens is 1. The molecule has 0 bridgehead atoms. The summed E-state index contributed by atoms with van der Waals surface area (Å²) >= 11 is 0. The first-order chi connectivity index (χ1) is 12.5. The lowest BCUT2D eigenvalue weighted by atomic mass is 9.91. The highest BCUT2D eigenvalue weighted by atomic mass is 35.5. The third-order valence-electron chi connectivity index (χ3n) is 5.26. The molecule has 1 amide bonds. The summed E-state index contributed by atoms with van der Waals surface area (Å²) in [7, 11) is 4.25. The van der Waals surface area contributed by atoms with Crippen LogP contribution in [0.1, 0.15) is 28.0 Å². The number of carbonyl (C=O) groups is 1. The monoisotopic (exact) mass is 387 g/mol. The van der Waals surface area contributed by atoms with Gasteiger partial charge in [-0.25, -0.2) is 4.39 Å². The second-order valence-corrected chi connectivity index (χ2v) is 7.16. The van der Waals surface area contributed by atoms with Crippen LogP contribution in [0.25, 0.3) is 10.9 Å². The normalized spacial score (nSPS) is 16.1. The van der Waals surface area contributed by atoms with E-state index in [0.717, 1.165) is 30.5 Å². The second-order valence-electron chi connectivity index (χ2n) is 7.16. The summed E-state index contributed by atoms with van der Waals surface area (Å²) in [5.41, 5.74) is 4.95. The molecule has 1 aliphatic rings. The number of amides is 1. The van der Waals surface area contributed by atoms with E-state index in [2.05, 4.69) is 29.3 Å². The van der Waals surface area contributed by atoms with Gasteiger partial charge in [-0.3, -0.25) is 4.79 Å². The first kappa shape index (κ1) is 19.4. The van der Waals surface area contributed by atoms with Gasteiger partial charge in [0.2, 0.25) is 0 Å². The maximum Gasteiger partial charge on any atom is 0.255 e. The van der Waals surface area contributed by atoms with Crippen molar-refractivity contribution in [2.24, 2.45) is 0 Å². The molecule has 0 spiro atoms. The molecule has 0 fully saturated rings. The van der Waals surface area contributed by atoms with Gasteiger partial charge in [0, 0.05) is 33.9 Å². The zero-order chi connectivity index (χ0) is 18.3. The van der Waals surface area contributed by atoms with E-state index in [-0.39, 0.29) is 24.1 Å². The van der Waals surface area contributed by atoms with Gasteiger partial charge in [0.15, 0.2) is 0 Å². The summed E-state index contributed by atoms with van der Waals surface area (Å²) in [5, 5.41) is 4.08. The number of anilines is 1. The molecule has 0 saturated carbocycles. The van der Waals surface area contributed by atoms with Crippen molar-refractivity contribution in [2.75, 3.05) is 19.4 Å². The molecule has 1 unspecified atom stereocenters. The summed E-state index contributed by atoms with van der Waals surface area (Å²) in [6, 6.07) is 12.0. The molecule has 1 aromatic heterocycles. The van der Waals surface area contributed by atoms with E-state index >= 15 is 0 Å². The molecule has 1 aliphatic carbocycles. The number of nitrogens with zero attached hydrogens (tertiary/aromatic N) is 1. The van der Waals surface area contributed by atoms with E-state index in [1.54, 1.807) is 0 Å². The van der Waals surface area contributed by atoms with Gasteiger partial charge in [-0.05, 0) is 81.4 Å². The number of H-pyrrole nitrogens is 1. The fourth-order valence-electron chi connectivity index (χ4n) is 3.72. The Balaban J connectivity index is 0.00000210. The number of hydrogen-bond donors (Lipinski definition) is 2. The summed E-state index contributed by atoms with van der Waals surface area (Å²) in [4.78, 5) is 18.2. The van der Waals surface area contributed by atoms with Gasteiger partial charge in [0.1, 0.15) is 5.82 Å². The molecule has 6 heteroatoms. The molecule has 2 aromatic carbocycles. The fraction of sp³-hybridized carbons (Fsp3) is 0.286. The van der Waals surface area contributed by atoms with Crippen molar-refractivity contribution in [3.05, 3.63) is 65.1 Å². The standard InChI is InChI=1S/C21H22FN3O.ClH/c1-25(2)16-8-10-20-18(12-16)17-11-15(7-9-19(17)24-20)23-21(26)13-3-5-14(22)6-4-13;/h3-7,9,11,16,24H,8,10,12H2,1-2H3,(H,23,26);1H. The van der Waals surface area contributed by atoms with Crippen LogP contribution >= 0.6 is 12.4 Å². The van der Waals surface area contributed by atoms with Gasteiger partial charge in [-0.2, -0.15) is 0 Å². The molecule has 2 N–H and O–H groups in total. The van der Waals surface area contributed by atoms with Crippen molar-refractivity contribution in [2.45, 2.75) is 25.3 Å². The summed E-state index contributed by atoms with van der Waals surface area (Å²) in [6.45, 7) is 0. The molecule has 4 nitrogen and oxygen atoms in total. The summed E-state index contributed by atoms with van der Waals surface area (Å²) in [5.74, 6) is -0.586. The Kier molecular flexibility index (Phi) is 5.53. The Morgan fingerprint density at radius 3 is 2.63 bits per heavy atom. The molecule has 0 aliphatic heterocycles. The van der Waals surface area contributed by atoms with Crippen molar-refractivity contribution in [1.82, 2.24) is 9.88 Å². The van der Waals surface area contributed by atoms with Crippen LogP contribution in [0.2, 0.25) is 0 Å². The molecule has 1 heterocycles. The first-order valence-corrected chi connectivity index (χ1v) is 8.88. The van der Waals surface area contributed by atoms with Gasteiger partial charge >= 0.3 is 0 Å². The smallest absolute Gasteiger partial charge is 0.255 e. The summed E-state index contributed by atoms with van der Waals surface area (Å²) < 4.78 is 13.0. The van der Waals surface area contributed by atoms with E-state index in [4.69, 9.17) is 0 Å². The lowest BCUT2D eigenvalue weighted by Crippen LogP contribution is -2.33. The predicted octanol–water partition coefficient (Wildman–Crippen LogP) is 4.40. The molecular weight excluding hydrogens is 365 g/mol. The molecule has 0 saturated heterocycles. The Hall–Kier alpha value is -2.37. The van der Waals surface area contributed by atoms with Crippen LogP contribution in [0, 0.1) is 5.82 Å². The number of rotatable bonds is 3. The van der Waals surface area contributed by atoms with Crippen molar-refractivity contribution in [3.63, 3.8) is 0 Å². The first-order valence-electron chi connectivity index (χ1n) is 8.88. The number of halogens is 2. The zero-order valence-corrected chi connectivity index (χ0v) is 16.2. The van der Waals surface area contributed by atoms with Crippen LogP contribution in [0.15, 0.2) is 42.5 Å². The number of fused-ring (bicyclic) bond motifs is 3. The predicted molar refractivity (Wildman–Crippen MR) is 109 cm³/mol. The lowest BCUT2D eigenvalue weighted by Gasteiger charge is -2.28. The Bertz CT molecular complexity index is 965. The molecule has 4 rings (SSSR count). The number of aryl methyl sites for hydroxylation is 1. The average Bonchev–Trinajstić information content (AvgIpc) is 2.99. The highest BCUT2D eigenvalue weighted by molar-refractivity contribution is 6.05. The van der Waals surface area contributed by atoms with Crippen LogP contribution < -0.4 is 5.32 Å². The SMILES string of the molecule is CN(C)C1CCc2[nH]c3ccc(NC(=O)c4ccc(F)cc4)cc3c2C1.Cl. The fourth-order valence-corrected chi connectivity index (χ4v) is 3.72. The zero-order valence-electron chi connectivity index (χ0n) is 15.4. The highest BCUT2D eigenvalue weighted by Gasteiger charge is 2.23. The molecular formula is C21H23ClFN3O. The van der Waals surface area contributed by atoms with E-state index in [1.165, 1.54) is 40.9 Å². The van der Waals surface area contributed by atoms with Gasteiger partial charge < -0.3 is 15.2 Å². The number of nitrogens with one attached hydrogen (secondary N) is 2. The maximum absolute atomic E-state index is 13.0. The Morgan fingerprint density at radius 1 is 1.19 bits per heavy atom. The molecule has 1 atom stereocenters. The highest BCUT2D eigenvalue weighted by Crippen LogP contribution is 2.32. The number of aromatic amines is 1. The second kappa shape index (κ2) is 7.71. The summed E-state index contributed by atoms with van der Waals surface area (Å²) in [6.07, 6.45) is 3.21. The molecule has 3 aromatic rings. The number of likely N-dealkylation sites (N-methyl/N-ethyl adjacent to an activating group) is 1. The van der Waals surface area contributed by atoms with Gasteiger partial charge in [0.05, 0.1) is 0 Å². The topological polar surface area (TPSA) is 48.1 Å². The lowest BCUT2D eigenvalue weighted by molar-refractivity contribution is 0.102. The van der Waals surface area contributed by atoms with Crippen LogP contribution in [0.3, 0.4) is 0 Å². The van der Waals surface area contributed by atoms with Crippen molar-refractivity contribution in [3.8, 4) is 0 Å². The third kappa shape index (κ3) is 3.84. The minimum absolute atomic E-state index is 0. The number of benzene rings is 2. The minimum atomic E-state index is -0.350. The van der Waals surface area contributed by atoms with Gasteiger partial charge in [0.25, 0.3) is 5.91 Å². The van der Waals surface area contributed by atoms with Crippen molar-refractivity contribution < 1.29 is 9.18 Å². The quantitative estimate of drug-likeness (QED) is 0.699. The Labute approximate surface area is 164 Å². The van der Waals surface area contributed by atoms with Crippen LogP contribution in [0.5, 0.6) is 0 Å². The number of hydrogen-bond acceptors (Lipinski definition) is 2.